The van der Waals surface area contributed by atoms with Gasteiger partial charge in [0.25, 0.3) is 5.91 Å². The lowest BCUT2D eigenvalue weighted by molar-refractivity contribution is -0.179. The number of ether oxygens (including phenoxy) is 2. The molecule has 1 aromatic rings. The molecule has 20 heavy (non-hydrogen) atoms. The summed E-state index contributed by atoms with van der Waals surface area (Å²) in [4.78, 5) is 16.2. The number of nitrogens with zero attached hydrogens (tertiary/aromatic N) is 1. The third-order valence-electron chi connectivity index (χ3n) is 3.86. The maximum atomic E-state index is 12.1. The smallest absolute Gasteiger partial charge is 0.253 e. The third kappa shape index (κ3) is 3.02. The largest absolute Gasteiger partial charge is 0.349 e. The molecule has 0 atom stereocenters. The van der Waals surface area contributed by atoms with Gasteiger partial charge in [-0.1, -0.05) is 0 Å². The Morgan fingerprint density at radius 3 is 2.65 bits per heavy atom. The van der Waals surface area contributed by atoms with Crippen LogP contribution in [0.3, 0.4) is 0 Å². The van der Waals surface area contributed by atoms with Crippen LogP contribution in [0.2, 0.25) is 0 Å². The van der Waals surface area contributed by atoms with Crippen LogP contribution < -0.4 is 5.32 Å². The van der Waals surface area contributed by atoms with Crippen molar-refractivity contribution < 1.29 is 14.3 Å². The molecule has 108 valence electrons. The third-order valence-corrected chi connectivity index (χ3v) is 4.30. The number of rotatable bonds is 2. The van der Waals surface area contributed by atoms with E-state index in [1.807, 2.05) is 0 Å². The molecule has 1 aliphatic carbocycles. The number of hydrogen-bond donors (Lipinski definition) is 1. The number of amides is 1. The SMILES string of the molecule is O=C(NC1CCC2(CC1)OCCO2)c1cncc(Br)c1. The highest BCUT2D eigenvalue weighted by Gasteiger charge is 2.40. The van der Waals surface area contributed by atoms with Gasteiger partial charge in [-0.2, -0.15) is 0 Å². The van der Waals surface area contributed by atoms with E-state index in [-0.39, 0.29) is 17.7 Å². The fourth-order valence-electron chi connectivity index (χ4n) is 2.79. The molecule has 1 aliphatic heterocycles. The van der Waals surface area contributed by atoms with Gasteiger partial charge in [-0.05, 0) is 34.8 Å². The number of pyridine rings is 1. The van der Waals surface area contributed by atoms with Crippen molar-refractivity contribution in [1.29, 1.82) is 0 Å². The van der Waals surface area contributed by atoms with Crippen molar-refractivity contribution >= 4 is 21.8 Å². The zero-order chi connectivity index (χ0) is 14.0. The van der Waals surface area contributed by atoms with Crippen LogP contribution >= 0.6 is 15.9 Å². The minimum atomic E-state index is -0.376. The van der Waals surface area contributed by atoms with E-state index in [2.05, 4.69) is 26.2 Å². The number of hydrogen-bond acceptors (Lipinski definition) is 4. The van der Waals surface area contributed by atoms with Crippen molar-refractivity contribution in [3.63, 3.8) is 0 Å². The van der Waals surface area contributed by atoms with E-state index in [0.29, 0.717) is 18.8 Å². The zero-order valence-corrected chi connectivity index (χ0v) is 12.7. The van der Waals surface area contributed by atoms with E-state index in [0.717, 1.165) is 30.2 Å². The van der Waals surface area contributed by atoms with Gasteiger partial charge in [0.15, 0.2) is 5.79 Å². The first kappa shape index (κ1) is 14.0. The van der Waals surface area contributed by atoms with Crippen molar-refractivity contribution in [2.45, 2.75) is 37.5 Å². The molecule has 5 nitrogen and oxygen atoms in total. The van der Waals surface area contributed by atoms with Crippen LogP contribution in [0.1, 0.15) is 36.0 Å². The van der Waals surface area contributed by atoms with E-state index >= 15 is 0 Å². The summed E-state index contributed by atoms with van der Waals surface area (Å²) in [7, 11) is 0. The molecule has 0 radical (unpaired) electrons. The molecule has 2 fully saturated rings. The maximum Gasteiger partial charge on any atom is 0.253 e. The van der Waals surface area contributed by atoms with Gasteiger partial charge in [0.2, 0.25) is 0 Å². The quantitative estimate of drug-likeness (QED) is 0.896. The molecule has 1 spiro atoms. The van der Waals surface area contributed by atoms with Gasteiger partial charge < -0.3 is 14.8 Å². The monoisotopic (exact) mass is 340 g/mol. The van der Waals surface area contributed by atoms with Crippen LogP contribution in [0.15, 0.2) is 22.9 Å². The Balaban J connectivity index is 1.55. The molecule has 1 N–H and O–H groups in total. The topological polar surface area (TPSA) is 60.5 Å². The molecular weight excluding hydrogens is 324 g/mol. The summed E-state index contributed by atoms with van der Waals surface area (Å²) in [5.41, 5.74) is 0.577. The van der Waals surface area contributed by atoms with E-state index in [4.69, 9.17) is 9.47 Å². The van der Waals surface area contributed by atoms with Gasteiger partial charge in [-0.25, -0.2) is 0 Å². The van der Waals surface area contributed by atoms with Crippen LogP contribution in [0.5, 0.6) is 0 Å². The summed E-state index contributed by atoms with van der Waals surface area (Å²) in [5, 5.41) is 3.06. The average Bonchev–Trinajstić information content (AvgIpc) is 2.90. The number of nitrogens with one attached hydrogen (secondary N) is 1. The fourth-order valence-corrected chi connectivity index (χ4v) is 3.16. The molecule has 1 amide bonds. The summed E-state index contributed by atoms with van der Waals surface area (Å²) in [6.07, 6.45) is 6.69. The summed E-state index contributed by atoms with van der Waals surface area (Å²) in [5.74, 6) is -0.452. The van der Waals surface area contributed by atoms with Crippen molar-refractivity contribution in [2.75, 3.05) is 13.2 Å². The molecule has 0 aromatic carbocycles. The Kier molecular flexibility index (Phi) is 4.05. The van der Waals surface area contributed by atoms with Crippen LogP contribution in [0.4, 0.5) is 0 Å². The Bertz CT molecular complexity index is 493. The van der Waals surface area contributed by atoms with Gasteiger partial charge >= 0.3 is 0 Å². The minimum Gasteiger partial charge on any atom is -0.349 e. The first-order chi connectivity index (χ1) is 9.67. The number of carbonyl (C=O) groups is 1. The maximum absolute atomic E-state index is 12.1. The Labute approximate surface area is 126 Å². The van der Waals surface area contributed by atoms with Crippen LogP contribution in [0.25, 0.3) is 0 Å². The molecule has 0 bridgehead atoms. The normalized spacial score (nSPS) is 22.1. The Hall–Kier alpha value is -0.980. The molecular formula is C14H17BrN2O3. The van der Waals surface area contributed by atoms with Crippen LogP contribution in [-0.4, -0.2) is 35.9 Å². The average molecular weight is 341 g/mol. The molecule has 3 rings (SSSR count). The second-order valence-electron chi connectivity index (χ2n) is 5.25. The standard InChI is InChI=1S/C14H17BrN2O3/c15-11-7-10(8-16-9-11)13(18)17-12-1-3-14(4-2-12)19-5-6-20-14/h7-9,12H,1-6H2,(H,17,18). The fraction of sp³-hybridized carbons (Fsp3) is 0.571. The van der Waals surface area contributed by atoms with Gasteiger partial charge in [0, 0.05) is 35.7 Å². The number of halogens is 1. The summed E-state index contributed by atoms with van der Waals surface area (Å²) >= 11 is 3.32. The van der Waals surface area contributed by atoms with Crippen molar-refractivity contribution in [3.8, 4) is 0 Å². The highest BCUT2D eigenvalue weighted by atomic mass is 79.9. The second kappa shape index (κ2) is 5.79. The number of aromatic nitrogens is 1. The van der Waals surface area contributed by atoms with Crippen LogP contribution in [0, 0.1) is 0 Å². The second-order valence-corrected chi connectivity index (χ2v) is 6.16. The van der Waals surface area contributed by atoms with Gasteiger partial charge in [0.05, 0.1) is 18.8 Å². The minimum absolute atomic E-state index is 0.0759. The van der Waals surface area contributed by atoms with E-state index < -0.39 is 0 Å². The van der Waals surface area contributed by atoms with Crippen molar-refractivity contribution in [3.05, 3.63) is 28.5 Å². The Morgan fingerprint density at radius 2 is 2.00 bits per heavy atom. The predicted octanol–water partition coefficient (Wildman–Crippen LogP) is 2.26. The number of carbonyl (C=O) groups excluding carboxylic acids is 1. The molecule has 1 saturated heterocycles. The van der Waals surface area contributed by atoms with Crippen molar-refractivity contribution in [2.24, 2.45) is 0 Å². The molecule has 6 heteroatoms. The lowest BCUT2D eigenvalue weighted by atomic mass is 9.90. The van der Waals surface area contributed by atoms with E-state index in [1.165, 1.54) is 0 Å². The zero-order valence-electron chi connectivity index (χ0n) is 11.1. The lowest BCUT2D eigenvalue weighted by Gasteiger charge is -2.35. The van der Waals surface area contributed by atoms with Gasteiger partial charge in [-0.15, -0.1) is 0 Å². The first-order valence-corrected chi connectivity index (χ1v) is 7.66. The van der Waals surface area contributed by atoms with E-state index in [1.54, 1.807) is 18.5 Å². The predicted molar refractivity (Wildman–Crippen MR) is 76.3 cm³/mol. The lowest BCUT2D eigenvalue weighted by Crippen LogP contribution is -2.44. The van der Waals surface area contributed by atoms with Gasteiger partial charge in [-0.3, -0.25) is 9.78 Å². The molecule has 0 unspecified atom stereocenters. The molecule has 1 aromatic heterocycles. The van der Waals surface area contributed by atoms with Crippen LogP contribution in [-0.2, 0) is 9.47 Å². The van der Waals surface area contributed by atoms with Crippen molar-refractivity contribution in [1.82, 2.24) is 10.3 Å². The Morgan fingerprint density at radius 1 is 1.30 bits per heavy atom. The molecule has 1 saturated carbocycles. The first-order valence-electron chi connectivity index (χ1n) is 6.86. The summed E-state index contributed by atoms with van der Waals surface area (Å²) in [6, 6.07) is 1.95. The molecule has 2 aliphatic rings. The van der Waals surface area contributed by atoms with Gasteiger partial charge in [0.1, 0.15) is 0 Å². The molecule has 2 heterocycles. The van der Waals surface area contributed by atoms with E-state index in [9.17, 15) is 4.79 Å². The highest BCUT2D eigenvalue weighted by Crippen LogP contribution is 2.35. The summed E-state index contributed by atoms with van der Waals surface area (Å²) in [6.45, 7) is 1.36. The highest BCUT2D eigenvalue weighted by molar-refractivity contribution is 9.10. The summed E-state index contributed by atoms with van der Waals surface area (Å²) < 4.78 is 12.2.